The van der Waals surface area contributed by atoms with Gasteiger partial charge in [-0.1, -0.05) is 17.7 Å². The zero-order valence-electron chi connectivity index (χ0n) is 12.2. The van der Waals surface area contributed by atoms with Gasteiger partial charge in [-0.2, -0.15) is 9.97 Å². The maximum atomic E-state index is 11.3. The Labute approximate surface area is 158 Å². The Morgan fingerprint density at radius 1 is 1.23 bits per heavy atom. The second-order valence-electron chi connectivity index (χ2n) is 3.76. The SMILES string of the molecule is COc1cc(OC)nc(Sc2cccc(Cl)c2C(=O)O)n1.[Na+]. The normalized spacial score (nSPS) is 9.77. The van der Waals surface area contributed by atoms with Crippen LogP contribution in [0.1, 0.15) is 10.4 Å². The summed E-state index contributed by atoms with van der Waals surface area (Å²) < 4.78 is 10.1. The molecule has 2 aromatic rings. The molecule has 0 saturated heterocycles. The molecule has 1 aromatic carbocycles. The van der Waals surface area contributed by atoms with Gasteiger partial charge < -0.3 is 14.6 Å². The molecular formula is C13H11ClN2NaO4S+. The van der Waals surface area contributed by atoms with E-state index in [1.807, 2.05) is 0 Å². The van der Waals surface area contributed by atoms with Gasteiger partial charge in [-0.05, 0) is 23.9 Å². The van der Waals surface area contributed by atoms with Gasteiger partial charge in [-0.15, -0.1) is 0 Å². The van der Waals surface area contributed by atoms with Crippen LogP contribution in [0, 0.1) is 0 Å². The molecule has 0 bridgehead atoms. The third kappa shape index (κ3) is 4.50. The number of hydrogen-bond acceptors (Lipinski definition) is 6. The average molecular weight is 350 g/mol. The predicted molar refractivity (Wildman–Crippen MR) is 77.7 cm³/mol. The number of aromatic carboxylic acids is 1. The quantitative estimate of drug-likeness (QED) is 0.601. The number of nitrogens with zero attached hydrogens (tertiary/aromatic N) is 2. The van der Waals surface area contributed by atoms with Crippen LogP contribution in [0.15, 0.2) is 34.3 Å². The molecule has 110 valence electrons. The average Bonchev–Trinajstić information content (AvgIpc) is 2.46. The summed E-state index contributed by atoms with van der Waals surface area (Å²) in [6.07, 6.45) is 0. The van der Waals surface area contributed by atoms with Crippen LogP contribution >= 0.6 is 23.4 Å². The summed E-state index contributed by atoms with van der Waals surface area (Å²) in [4.78, 5) is 20.0. The minimum absolute atomic E-state index is 0. The van der Waals surface area contributed by atoms with E-state index in [2.05, 4.69) is 9.97 Å². The number of carboxylic acids is 1. The van der Waals surface area contributed by atoms with Crippen molar-refractivity contribution in [2.75, 3.05) is 14.2 Å². The fraction of sp³-hybridized carbons (Fsp3) is 0.154. The number of halogens is 1. The molecule has 0 spiro atoms. The maximum absolute atomic E-state index is 11.3. The van der Waals surface area contributed by atoms with Crippen molar-refractivity contribution in [1.29, 1.82) is 0 Å². The number of ether oxygens (including phenoxy) is 2. The van der Waals surface area contributed by atoms with Crippen LogP contribution in [-0.2, 0) is 0 Å². The molecule has 1 aromatic heterocycles. The second kappa shape index (κ2) is 8.59. The van der Waals surface area contributed by atoms with Gasteiger partial charge >= 0.3 is 35.5 Å². The van der Waals surface area contributed by atoms with Crippen molar-refractivity contribution >= 4 is 29.3 Å². The molecule has 0 fully saturated rings. The van der Waals surface area contributed by atoms with Crippen LogP contribution in [0.25, 0.3) is 0 Å². The van der Waals surface area contributed by atoms with Gasteiger partial charge in [0.25, 0.3) is 0 Å². The first-order valence-electron chi connectivity index (χ1n) is 5.72. The monoisotopic (exact) mass is 349 g/mol. The summed E-state index contributed by atoms with van der Waals surface area (Å²) in [6.45, 7) is 0. The van der Waals surface area contributed by atoms with E-state index >= 15 is 0 Å². The summed E-state index contributed by atoms with van der Waals surface area (Å²) in [5.41, 5.74) is 0.00885. The first-order chi connectivity index (χ1) is 10.0. The van der Waals surface area contributed by atoms with Gasteiger partial charge in [0.05, 0.1) is 30.9 Å². The first kappa shape index (κ1) is 19.1. The van der Waals surface area contributed by atoms with Crippen molar-refractivity contribution in [2.24, 2.45) is 0 Å². The number of methoxy groups -OCH3 is 2. The standard InChI is InChI=1S/C13H11ClN2O4S.Na/c1-19-9-6-10(20-2)16-13(15-9)21-8-5-3-4-7(14)11(8)12(17)18;/h3-6H,1-2H3,(H,17,18);/q;+1. The molecule has 9 heteroatoms. The van der Waals surface area contributed by atoms with E-state index in [-0.39, 0.29) is 40.1 Å². The Hall–Kier alpha value is -0.990. The first-order valence-corrected chi connectivity index (χ1v) is 6.91. The molecule has 0 aliphatic heterocycles. The van der Waals surface area contributed by atoms with Crippen molar-refractivity contribution in [3.63, 3.8) is 0 Å². The summed E-state index contributed by atoms with van der Waals surface area (Å²) in [5.74, 6) is -0.468. The number of aromatic nitrogens is 2. The molecule has 0 atom stereocenters. The largest absolute Gasteiger partial charge is 1.00 e. The Morgan fingerprint density at radius 2 is 1.82 bits per heavy atom. The van der Waals surface area contributed by atoms with Gasteiger partial charge in [0.15, 0.2) is 5.16 Å². The van der Waals surface area contributed by atoms with Gasteiger partial charge in [0.1, 0.15) is 0 Å². The van der Waals surface area contributed by atoms with E-state index < -0.39 is 5.97 Å². The summed E-state index contributed by atoms with van der Waals surface area (Å²) in [7, 11) is 2.94. The minimum Gasteiger partial charge on any atom is -0.481 e. The van der Waals surface area contributed by atoms with E-state index in [4.69, 9.17) is 21.1 Å². The van der Waals surface area contributed by atoms with Crippen molar-refractivity contribution in [3.05, 3.63) is 34.9 Å². The predicted octanol–water partition coefficient (Wildman–Crippen LogP) is 0.000600. The van der Waals surface area contributed by atoms with Crippen LogP contribution in [0.3, 0.4) is 0 Å². The molecular weight excluding hydrogens is 339 g/mol. The number of carboxylic acid groups (broad SMARTS) is 1. The van der Waals surface area contributed by atoms with Crippen LogP contribution < -0.4 is 39.0 Å². The maximum Gasteiger partial charge on any atom is 1.00 e. The van der Waals surface area contributed by atoms with Crippen LogP contribution in [0.4, 0.5) is 0 Å². The zero-order valence-corrected chi connectivity index (χ0v) is 15.7. The van der Waals surface area contributed by atoms with Crippen LogP contribution in [-0.4, -0.2) is 35.3 Å². The van der Waals surface area contributed by atoms with Crippen molar-refractivity contribution in [1.82, 2.24) is 9.97 Å². The summed E-state index contributed by atoms with van der Waals surface area (Å²) in [5, 5.41) is 9.69. The molecule has 0 aliphatic rings. The van der Waals surface area contributed by atoms with Gasteiger partial charge in [0, 0.05) is 4.90 Å². The third-order valence-electron chi connectivity index (χ3n) is 2.47. The summed E-state index contributed by atoms with van der Waals surface area (Å²) in [6, 6.07) is 6.34. The van der Waals surface area contributed by atoms with E-state index in [1.165, 1.54) is 26.4 Å². The Bertz CT molecular complexity index is 665. The molecule has 0 radical (unpaired) electrons. The number of carbonyl (C=O) groups is 1. The fourth-order valence-electron chi connectivity index (χ4n) is 1.53. The molecule has 1 heterocycles. The second-order valence-corrected chi connectivity index (χ2v) is 5.17. The van der Waals surface area contributed by atoms with E-state index in [0.29, 0.717) is 21.8 Å². The molecule has 6 nitrogen and oxygen atoms in total. The molecule has 0 aliphatic carbocycles. The molecule has 0 amide bonds. The van der Waals surface area contributed by atoms with Crippen molar-refractivity contribution < 1.29 is 48.9 Å². The van der Waals surface area contributed by atoms with Gasteiger partial charge in [-0.3, -0.25) is 0 Å². The van der Waals surface area contributed by atoms with E-state index in [0.717, 1.165) is 11.8 Å². The van der Waals surface area contributed by atoms with Gasteiger partial charge in [-0.25, -0.2) is 4.79 Å². The zero-order chi connectivity index (χ0) is 15.4. The topological polar surface area (TPSA) is 81.5 Å². The van der Waals surface area contributed by atoms with Crippen LogP contribution in [0.5, 0.6) is 11.8 Å². The van der Waals surface area contributed by atoms with E-state index in [1.54, 1.807) is 12.1 Å². The molecule has 2 rings (SSSR count). The Morgan fingerprint density at radius 3 is 2.32 bits per heavy atom. The van der Waals surface area contributed by atoms with E-state index in [9.17, 15) is 9.90 Å². The Balaban J connectivity index is 0.00000242. The third-order valence-corrected chi connectivity index (χ3v) is 3.71. The Kier molecular flexibility index (Phi) is 7.44. The van der Waals surface area contributed by atoms with Gasteiger partial charge in [0.2, 0.25) is 11.8 Å². The van der Waals surface area contributed by atoms with Crippen molar-refractivity contribution in [3.8, 4) is 11.8 Å². The fourth-order valence-corrected chi connectivity index (χ4v) is 2.76. The number of hydrogen-bond donors (Lipinski definition) is 1. The molecule has 0 saturated carbocycles. The molecule has 1 N–H and O–H groups in total. The van der Waals surface area contributed by atoms with Crippen molar-refractivity contribution in [2.45, 2.75) is 10.1 Å². The van der Waals surface area contributed by atoms with Crippen LogP contribution in [0.2, 0.25) is 5.02 Å². The molecule has 22 heavy (non-hydrogen) atoms. The smallest absolute Gasteiger partial charge is 0.481 e. The molecule has 0 unspecified atom stereocenters. The number of rotatable bonds is 5. The summed E-state index contributed by atoms with van der Waals surface area (Å²) >= 11 is 6.99. The number of benzene rings is 1. The minimum atomic E-state index is -1.11.